The molecule has 4 aromatic rings. The number of benzene rings is 3. The maximum absolute atomic E-state index is 14.5. The molecule has 0 spiro atoms. The van der Waals surface area contributed by atoms with Crippen LogP contribution in [0.2, 0.25) is 0 Å². The number of ether oxygens (including phenoxy) is 2. The third-order valence-electron chi connectivity index (χ3n) is 7.08. The summed E-state index contributed by atoms with van der Waals surface area (Å²) in [4.78, 5) is 28.7. The molecule has 3 N–H and O–H groups in total. The Kier molecular flexibility index (Phi) is 7.86. The topological polar surface area (TPSA) is 104 Å². The number of halogens is 2. The first-order valence-corrected chi connectivity index (χ1v) is 13.8. The number of carbonyl (C=O) groups excluding carboxylic acids is 2. The van der Waals surface area contributed by atoms with Gasteiger partial charge >= 0.3 is 6.09 Å². The summed E-state index contributed by atoms with van der Waals surface area (Å²) in [5, 5.41) is 3.56. The van der Waals surface area contributed by atoms with Crippen molar-refractivity contribution >= 4 is 22.9 Å². The van der Waals surface area contributed by atoms with Gasteiger partial charge in [-0.05, 0) is 105 Å². The van der Waals surface area contributed by atoms with E-state index in [9.17, 15) is 18.4 Å². The Bertz CT molecular complexity index is 1660. The van der Waals surface area contributed by atoms with E-state index in [1.165, 1.54) is 24.3 Å². The summed E-state index contributed by atoms with van der Waals surface area (Å²) in [6, 6.07) is 13.9. The Labute approximate surface area is 243 Å². The number of nitrogens with two attached hydrogens (primary N) is 1. The van der Waals surface area contributed by atoms with Crippen LogP contribution in [0.4, 0.5) is 13.6 Å². The van der Waals surface area contributed by atoms with Crippen molar-refractivity contribution in [3.8, 4) is 28.0 Å². The average molecular weight is 574 g/mol. The SMILES string of the molecule is Cc1cc(F)cc(-c2cnc3ccc(-c4cc(F)cc(C(N)=O)c4)cc3c2O[C@H]2CC[C@H](NC(=O)OC(C)(C)C)C2)c1. The third-order valence-corrected chi connectivity index (χ3v) is 7.08. The highest BCUT2D eigenvalue weighted by Gasteiger charge is 2.30. The van der Waals surface area contributed by atoms with Crippen molar-refractivity contribution in [1.29, 1.82) is 0 Å². The molecule has 0 aliphatic heterocycles. The summed E-state index contributed by atoms with van der Waals surface area (Å²) >= 11 is 0. The normalized spacial score (nSPS) is 16.8. The van der Waals surface area contributed by atoms with Crippen LogP contribution in [0.15, 0.2) is 60.8 Å². The van der Waals surface area contributed by atoms with Gasteiger partial charge in [-0.25, -0.2) is 13.6 Å². The smallest absolute Gasteiger partial charge is 0.407 e. The van der Waals surface area contributed by atoms with Gasteiger partial charge in [-0.3, -0.25) is 9.78 Å². The molecular formula is C33H33F2N3O4. The van der Waals surface area contributed by atoms with Gasteiger partial charge in [0.1, 0.15) is 29.1 Å². The number of aromatic nitrogens is 1. The predicted octanol–water partition coefficient (Wildman–Crippen LogP) is 7.08. The maximum atomic E-state index is 14.5. The fourth-order valence-electron chi connectivity index (χ4n) is 5.29. The highest BCUT2D eigenvalue weighted by molar-refractivity contribution is 5.97. The Morgan fingerprint density at radius 3 is 2.40 bits per heavy atom. The zero-order valence-electron chi connectivity index (χ0n) is 24.0. The van der Waals surface area contributed by atoms with Crippen LogP contribution in [0, 0.1) is 18.6 Å². The van der Waals surface area contributed by atoms with E-state index in [-0.39, 0.29) is 23.5 Å². The molecule has 42 heavy (non-hydrogen) atoms. The van der Waals surface area contributed by atoms with Crippen molar-refractivity contribution in [2.45, 2.75) is 64.7 Å². The van der Waals surface area contributed by atoms with Gasteiger partial charge in [0, 0.05) is 35.2 Å². The minimum atomic E-state index is -0.734. The number of nitrogens with one attached hydrogen (secondary N) is 1. The van der Waals surface area contributed by atoms with Gasteiger partial charge in [-0.15, -0.1) is 0 Å². The van der Waals surface area contributed by atoms with E-state index in [0.717, 1.165) is 11.6 Å². The maximum Gasteiger partial charge on any atom is 0.407 e. The summed E-state index contributed by atoms with van der Waals surface area (Å²) in [6.45, 7) is 7.24. The molecular weight excluding hydrogens is 540 g/mol. The molecule has 0 saturated heterocycles. The molecule has 218 valence electrons. The first-order valence-electron chi connectivity index (χ1n) is 13.8. The molecule has 1 aromatic heterocycles. The minimum absolute atomic E-state index is 0.0539. The molecule has 1 aliphatic rings. The van der Waals surface area contributed by atoms with Crippen LogP contribution in [0.1, 0.15) is 56.0 Å². The van der Waals surface area contributed by atoms with Gasteiger partial charge in [0.05, 0.1) is 5.52 Å². The lowest BCUT2D eigenvalue weighted by molar-refractivity contribution is 0.0502. The molecule has 1 fully saturated rings. The molecule has 1 heterocycles. The minimum Gasteiger partial charge on any atom is -0.489 e. The average Bonchev–Trinajstić information content (AvgIpc) is 3.32. The number of nitrogens with zero attached hydrogens (tertiary/aromatic N) is 1. The molecule has 1 saturated carbocycles. The molecule has 2 amide bonds. The summed E-state index contributed by atoms with van der Waals surface area (Å²) in [5.41, 5.74) is 8.52. The number of alkyl carbamates (subject to hydrolysis) is 1. The Hall–Kier alpha value is -4.53. The van der Waals surface area contributed by atoms with Crippen LogP contribution in [0.5, 0.6) is 5.75 Å². The van der Waals surface area contributed by atoms with E-state index < -0.39 is 23.4 Å². The molecule has 5 rings (SSSR count). The van der Waals surface area contributed by atoms with Gasteiger partial charge in [-0.2, -0.15) is 0 Å². The number of hydrogen-bond donors (Lipinski definition) is 2. The quantitative estimate of drug-likeness (QED) is 0.257. The second-order valence-electron chi connectivity index (χ2n) is 11.7. The van der Waals surface area contributed by atoms with Crippen molar-refractivity contribution in [2.75, 3.05) is 0 Å². The number of hydrogen-bond acceptors (Lipinski definition) is 5. The monoisotopic (exact) mass is 573 g/mol. The zero-order valence-corrected chi connectivity index (χ0v) is 24.0. The second-order valence-corrected chi connectivity index (χ2v) is 11.7. The molecule has 1 aliphatic carbocycles. The van der Waals surface area contributed by atoms with Crippen molar-refractivity contribution in [2.24, 2.45) is 5.73 Å². The van der Waals surface area contributed by atoms with Gasteiger partial charge in [0.2, 0.25) is 5.91 Å². The Balaban J connectivity index is 1.55. The fourth-order valence-corrected chi connectivity index (χ4v) is 5.29. The number of primary amides is 1. The highest BCUT2D eigenvalue weighted by atomic mass is 19.1. The third kappa shape index (κ3) is 6.67. The van der Waals surface area contributed by atoms with Crippen LogP contribution < -0.4 is 15.8 Å². The lowest BCUT2D eigenvalue weighted by Gasteiger charge is -2.22. The molecule has 0 radical (unpaired) electrons. The predicted molar refractivity (Wildman–Crippen MR) is 157 cm³/mol. The highest BCUT2D eigenvalue weighted by Crippen LogP contribution is 2.40. The van der Waals surface area contributed by atoms with Crippen molar-refractivity contribution in [1.82, 2.24) is 10.3 Å². The number of carbonyl (C=O) groups is 2. The largest absolute Gasteiger partial charge is 0.489 e. The number of aryl methyl sites for hydroxylation is 1. The molecule has 7 nitrogen and oxygen atoms in total. The molecule has 9 heteroatoms. The van der Waals surface area contributed by atoms with Crippen molar-refractivity contribution in [3.05, 3.63) is 83.6 Å². The summed E-state index contributed by atoms with van der Waals surface area (Å²) in [6.07, 6.45) is 2.86. The fraction of sp³-hybridized carbons (Fsp3) is 0.303. The van der Waals surface area contributed by atoms with E-state index in [4.69, 9.17) is 15.2 Å². The van der Waals surface area contributed by atoms with Gasteiger partial charge < -0.3 is 20.5 Å². The lowest BCUT2D eigenvalue weighted by atomic mass is 9.97. The Morgan fingerprint density at radius 1 is 0.952 bits per heavy atom. The Morgan fingerprint density at radius 2 is 1.69 bits per heavy atom. The molecule has 2 atom stereocenters. The van der Waals surface area contributed by atoms with Crippen LogP contribution in [-0.4, -0.2) is 34.7 Å². The number of rotatable bonds is 6. The summed E-state index contributed by atoms with van der Waals surface area (Å²) < 4.78 is 40.9. The summed E-state index contributed by atoms with van der Waals surface area (Å²) in [5.74, 6) is -1.21. The van der Waals surface area contributed by atoms with Crippen molar-refractivity contribution in [3.63, 3.8) is 0 Å². The van der Waals surface area contributed by atoms with Crippen LogP contribution in [-0.2, 0) is 4.74 Å². The first-order chi connectivity index (χ1) is 19.8. The van der Waals surface area contributed by atoms with Gasteiger partial charge in [-0.1, -0.05) is 12.1 Å². The van der Waals surface area contributed by atoms with E-state index in [1.54, 1.807) is 18.3 Å². The molecule has 0 unspecified atom stereocenters. The zero-order chi connectivity index (χ0) is 30.2. The number of pyridine rings is 1. The van der Waals surface area contributed by atoms with E-state index in [1.807, 2.05) is 39.8 Å². The standard InChI is InChI=1S/C33H33F2N3O4/c1-18-9-21(13-23(34)10-18)28-17-37-29-8-5-19(20-11-22(31(36)39)14-24(35)12-20)15-27(29)30(28)41-26-7-6-25(16-26)38-32(40)42-33(2,3)4/h5,8-15,17,25-26H,6-7,16H2,1-4H3,(H2,36,39)(H,38,40)/t25-,26-/m0/s1. The first kappa shape index (κ1) is 29.0. The van der Waals surface area contributed by atoms with Crippen molar-refractivity contribution < 1.29 is 27.8 Å². The molecule has 3 aromatic carbocycles. The van der Waals surface area contributed by atoms with E-state index in [2.05, 4.69) is 10.3 Å². The van der Waals surface area contributed by atoms with E-state index in [0.29, 0.717) is 58.2 Å². The van der Waals surface area contributed by atoms with Gasteiger partial charge in [0.15, 0.2) is 0 Å². The van der Waals surface area contributed by atoms with Crippen LogP contribution in [0.25, 0.3) is 33.2 Å². The van der Waals surface area contributed by atoms with E-state index >= 15 is 0 Å². The second kappa shape index (κ2) is 11.4. The summed E-state index contributed by atoms with van der Waals surface area (Å²) in [7, 11) is 0. The number of amides is 2. The number of fused-ring (bicyclic) bond motifs is 1. The lowest BCUT2D eigenvalue weighted by Crippen LogP contribution is -2.38. The van der Waals surface area contributed by atoms with Crippen LogP contribution in [0.3, 0.4) is 0 Å². The van der Waals surface area contributed by atoms with Gasteiger partial charge in [0.25, 0.3) is 0 Å². The molecule has 0 bridgehead atoms. The van der Waals surface area contributed by atoms with Crippen LogP contribution >= 0.6 is 0 Å².